The fourth-order valence-corrected chi connectivity index (χ4v) is 5.63. The second-order valence-corrected chi connectivity index (χ2v) is 9.96. The molecule has 3 aromatic rings. The second-order valence-electron chi connectivity index (χ2n) is 9.96. The SMILES string of the molecule is COc1ccc(C2(c3ccc(OC(=O)Oc4ccccc4)cc3)CC(C)CC(C)(C)C2)cc1. The van der Waals surface area contributed by atoms with E-state index in [-0.39, 0.29) is 10.8 Å². The molecule has 4 rings (SSSR count). The first kappa shape index (κ1) is 22.9. The Kier molecular flexibility index (Phi) is 6.46. The van der Waals surface area contributed by atoms with Gasteiger partial charge in [0, 0.05) is 5.41 Å². The molecule has 0 amide bonds. The molecule has 3 aromatic carbocycles. The monoisotopic (exact) mass is 444 g/mol. The highest BCUT2D eigenvalue weighted by Gasteiger charge is 2.45. The summed E-state index contributed by atoms with van der Waals surface area (Å²) in [5, 5.41) is 0. The zero-order valence-corrected chi connectivity index (χ0v) is 19.8. The first-order chi connectivity index (χ1) is 15.8. The first-order valence-electron chi connectivity index (χ1n) is 11.5. The number of ether oxygens (including phenoxy) is 3. The maximum atomic E-state index is 12.2. The van der Waals surface area contributed by atoms with E-state index in [0.29, 0.717) is 17.4 Å². The highest BCUT2D eigenvalue weighted by atomic mass is 16.7. The van der Waals surface area contributed by atoms with Gasteiger partial charge in [-0.05, 0) is 78.1 Å². The Labute approximate surface area is 196 Å². The van der Waals surface area contributed by atoms with Crippen LogP contribution < -0.4 is 14.2 Å². The number of carbonyl (C=O) groups is 1. The number of benzene rings is 3. The summed E-state index contributed by atoms with van der Waals surface area (Å²) in [5.74, 6) is 2.37. The fraction of sp³-hybridized carbons (Fsp3) is 0.345. The molecule has 2 atom stereocenters. The van der Waals surface area contributed by atoms with Crippen molar-refractivity contribution in [3.05, 3.63) is 90.0 Å². The summed E-state index contributed by atoms with van der Waals surface area (Å²) in [6.07, 6.45) is 2.58. The van der Waals surface area contributed by atoms with Crippen LogP contribution in [-0.4, -0.2) is 13.3 Å². The molecule has 0 saturated heterocycles. The molecule has 1 aliphatic rings. The highest BCUT2D eigenvalue weighted by molar-refractivity contribution is 5.67. The third kappa shape index (κ3) is 5.22. The molecular formula is C29H32O4. The van der Waals surface area contributed by atoms with Crippen molar-refractivity contribution < 1.29 is 19.0 Å². The molecule has 0 bridgehead atoms. The molecule has 0 spiro atoms. The van der Waals surface area contributed by atoms with E-state index >= 15 is 0 Å². The van der Waals surface area contributed by atoms with E-state index in [4.69, 9.17) is 14.2 Å². The highest BCUT2D eigenvalue weighted by Crippen LogP contribution is 2.53. The van der Waals surface area contributed by atoms with Crippen molar-refractivity contribution in [1.29, 1.82) is 0 Å². The zero-order valence-electron chi connectivity index (χ0n) is 19.8. The number of carbonyl (C=O) groups excluding carboxylic acids is 1. The zero-order chi connectivity index (χ0) is 23.5. The molecule has 1 aliphatic carbocycles. The summed E-state index contributed by atoms with van der Waals surface area (Å²) in [7, 11) is 1.69. The molecule has 0 aromatic heterocycles. The van der Waals surface area contributed by atoms with Crippen LogP contribution in [0.25, 0.3) is 0 Å². The Morgan fingerprint density at radius 3 is 1.79 bits per heavy atom. The molecule has 0 heterocycles. The molecule has 0 radical (unpaired) electrons. The van der Waals surface area contributed by atoms with Crippen molar-refractivity contribution in [1.82, 2.24) is 0 Å². The van der Waals surface area contributed by atoms with E-state index < -0.39 is 6.16 Å². The van der Waals surface area contributed by atoms with Crippen molar-refractivity contribution in [2.24, 2.45) is 11.3 Å². The van der Waals surface area contributed by atoms with E-state index in [9.17, 15) is 4.79 Å². The lowest BCUT2D eigenvalue weighted by Crippen LogP contribution is -2.41. The maximum Gasteiger partial charge on any atom is 0.519 e. The summed E-state index contributed by atoms with van der Waals surface area (Å²) >= 11 is 0. The molecule has 0 N–H and O–H groups in total. The van der Waals surface area contributed by atoms with Crippen molar-refractivity contribution in [3.8, 4) is 17.2 Å². The maximum absolute atomic E-state index is 12.2. The van der Waals surface area contributed by atoms with Crippen LogP contribution in [0.3, 0.4) is 0 Å². The van der Waals surface area contributed by atoms with E-state index in [1.165, 1.54) is 17.5 Å². The molecule has 4 heteroatoms. The standard InChI is InChI=1S/C29H32O4/c1-21-18-28(2,3)20-29(19-21,22-10-14-24(31-4)15-11-22)23-12-16-26(17-13-23)33-27(30)32-25-8-6-5-7-9-25/h5-17,21H,18-20H2,1-4H3. The molecule has 4 nitrogen and oxygen atoms in total. The molecule has 1 saturated carbocycles. The van der Waals surface area contributed by atoms with Gasteiger partial charge in [-0.3, -0.25) is 0 Å². The summed E-state index contributed by atoms with van der Waals surface area (Å²) < 4.78 is 16.1. The van der Waals surface area contributed by atoms with Crippen molar-refractivity contribution in [2.75, 3.05) is 7.11 Å². The van der Waals surface area contributed by atoms with E-state index in [2.05, 4.69) is 45.0 Å². The summed E-state index contributed by atoms with van der Waals surface area (Å²) in [6, 6.07) is 25.3. The van der Waals surface area contributed by atoms with Gasteiger partial charge in [0.2, 0.25) is 0 Å². The topological polar surface area (TPSA) is 44.8 Å². The Morgan fingerprint density at radius 2 is 1.27 bits per heavy atom. The van der Waals surface area contributed by atoms with Crippen LogP contribution in [0.1, 0.15) is 51.2 Å². The van der Waals surface area contributed by atoms with Gasteiger partial charge in [-0.15, -0.1) is 0 Å². The average molecular weight is 445 g/mol. The van der Waals surface area contributed by atoms with Crippen LogP contribution in [0.2, 0.25) is 0 Å². The van der Waals surface area contributed by atoms with Gasteiger partial charge in [-0.1, -0.05) is 63.2 Å². The molecule has 0 aliphatic heterocycles. The minimum Gasteiger partial charge on any atom is -0.497 e. The first-order valence-corrected chi connectivity index (χ1v) is 11.5. The number of rotatable bonds is 5. The third-order valence-corrected chi connectivity index (χ3v) is 6.57. The van der Waals surface area contributed by atoms with Gasteiger partial charge >= 0.3 is 6.16 Å². The van der Waals surface area contributed by atoms with Gasteiger partial charge in [0.25, 0.3) is 0 Å². The normalized spacial score (nSPS) is 21.8. The van der Waals surface area contributed by atoms with Crippen LogP contribution in [0.15, 0.2) is 78.9 Å². The van der Waals surface area contributed by atoms with Gasteiger partial charge in [0.15, 0.2) is 0 Å². The minimum atomic E-state index is -0.744. The average Bonchev–Trinajstić information content (AvgIpc) is 2.79. The van der Waals surface area contributed by atoms with Crippen LogP contribution in [0, 0.1) is 11.3 Å². The lowest BCUT2D eigenvalue weighted by atomic mass is 9.55. The van der Waals surface area contributed by atoms with Gasteiger partial charge < -0.3 is 14.2 Å². The summed E-state index contributed by atoms with van der Waals surface area (Å²) in [4.78, 5) is 12.2. The molecule has 1 fully saturated rings. The summed E-state index contributed by atoms with van der Waals surface area (Å²) in [6.45, 7) is 7.06. The lowest BCUT2D eigenvalue weighted by molar-refractivity contribution is 0.127. The third-order valence-electron chi connectivity index (χ3n) is 6.57. The van der Waals surface area contributed by atoms with Crippen LogP contribution in [0.4, 0.5) is 4.79 Å². The van der Waals surface area contributed by atoms with E-state index in [1.807, 2.05) is 42.5 Å². The molecule has 2 unspecified atom stereocenters. The summed E-state index contributed by atoms with van der Waals surface area (Å²) in [5.41, 5.74) is 2.62. The van der Waals surface area contributed by atoms with Crippen LogP contribution in [0.5, 0.6) is 17.2 Å². The minimum absolute atomic E-state index is 0.115. The number of hydrogen-bond acceptors (Lipinski definition) is 4. The fourth-order valence-electron chi connectivity index (χ4n) is 5.63. The van der Waals surface area contributed by atoms with Gasteiger partial charge in [0.1, 0.15) is 17.2 Å². The molecule has 172 valence electrons. The predicted molar refractivity (Wildman–Crippen MR) is 130 cm³/mol. The van der Waals surface area contributed by atoms with Gasteiger partial charge in [-0.25, -0.2) is 4.79 Å². The van der Waals surface area contributed by atoms with Crippen molar-refractivity contribution in [2.45, 2.75) is 45.4 Å². The lowest BCUT2D eigenvalue weighted by Gasteiger charge is -2.48. The molecule has 33 heavy (non-hydrogen) atoms. The van der Waals surface area contributed by atoms with E-state index in [0.717, 1.165) is 18.6 Å². The Morgan fingerprint density at radius 1 is 0.758 bits per heavy atom. The number of para-hydroxylation sites is 1. The van der Waals surface area contributed by atoms with Crippen molar-refractivity contribution in [3.63, 3.8) is 0 Å². The Hall–Kier alpha value is -3.27. The molecular weight excluding hydrogens is 412 g/mol. The number of hydrogen-bond donors (Lipinski definition) is 0. The van der Waals surface area contributed by atoms with Gasteiger partial charge in [0.05, 0.1) is 7.11 Å². The van der Waals surface area contributed by atoms with Crippen molar-refractivity contribution >= 4 is 6.16 Å². The quantitative estimate of drug-likeness (QED) is 0.304. The van der Waals surface area contributed by atoms with Crippen LogP contribution in [-0.2, 0) is 5.41 Å². The van der Waals surface area contributed by atoms with Gasteiger partial charge in [-0.2, -0.15) is 0 Å². The Bertz CT molecular complexity index is 1070. The predicted octanol–water partition coefficient (Wildman–Crippen LogP) is 7.41. The second kappa shape index (κ2) is 9.30. The van der Waals surface area contributed by atoms with E-state index in [1.54, 1.807) is 19.2 Å². The Balaban J connectivity index is 1.61. The number of methoxy groups -OCH3 is 1. The smallest absolute Gasteiger partial charge is 0.497 e. The van der Waals surface area contributed by atoms with Crippen LogP contribution >= 0.6 is 0 Å². The largest absolute Gasteiger partial charge is 0.519 e.